The number of hydrogen-bond acceptors (Lipinski definition) is 5. The second-order valence-electron chi connectivity index (χ2n) is 14.0. The number of fused-ring (bicyclic) bond motifs is 2. The molecule has 0 radical (unpaired) electrons. The van der Waals surface area contributed by atoms with E-state index in [1.165, 1.54) is 5.56 Å². The first kappa shape index (κ1) is 33.7. The Morgan fingerprint density at radius 3 is 1.75 bits per heavy atom. The van der Waals surface area contributed by atoms with Crippen LogP contribution in [0.3, 0.4) is 0 Å². The van der Waals surface area contributed by atoms with E-state index in [1.807, 2.05) is 43.2 Å². The van der Waals surface area contributed by atoms with E-state index in [-0.39, 0.29) is 5.92 Å². The molecule has 0 amide bonds. The molecule has 5 nitrogen and oxygen atoms in total. The second-order valence-corrected chi connectivity index (χ2v) is 14.0. The summed E-state index contributed by atoms with van der Waals surface area (Å²) < 4.78 is 0. The van der Waals surface area contributed by atoms with Crippen LogP contribution in [-0.2, 0) is 0 Å². The predicted octanol–water partition coefficient (Wildman–Crippen LogP) is 13.6. The Morgan fingerprint density at radius 2 is 1.04 bits per heavy atom. The summed E-state index contributed by atoms with van der Waals surface area (Å²) in [6.45, 7) is 4.60. The van der Waals surface area contributed by atoms with Gasteiger partial charge in [0.15, 0.2) is 0 Å². The van der Waals surface area contributed by atoms with Crippen molar-refractivity contribution in [2.75, 3.05) is 9.80 Å². The van der Waals surface area contributed by atoms with E-state index in [4.69, 9.17) is 4.98 Å². The molecule has 9 aromatic rings. The van der Waals surface area contributed by atoms with Crippen molar-refractivity contribution in [2.24, 2.45) is 0 Å². The zero-order valence-corrected chi connectivity index (χ0v) is 30.8. The Balaban J connectivity index is 1.39. The number of para-hydroxylation sites is 2. The van der Waals surface area contributed by atoms with Crippen LogP contribution in [0.4, 0.5) is 34.1 Å². The van der Waals surface area contributed by atoms with Crippen molar-refractivity contribution in [3.63, 3.8) is 0 Å². The Bertz CT molecular complexity index is 2740. The van der Waals surface area contributed by atoms with Crippen LogP contribution >= 0.6 is 0 Å². The van der Waals surface area contributed by atoms with Crippen LogP contribution in [0.15, 0.2) is 195 Å². The molecular weight excluding hydrogens is 671 g/mol. The quantitative estimate of drug-likeness (QED) is 0.149. The van der Waals surface area contributed by atoms with Crippen molar-refractivity contribution in [3.8, 4) is 22.3 Å². The molecule has 3 heterocycles. The first-order valence-corrected chi connectivity index (χ1v) is 18.7. The number of benzene rings is 6. The van der Waals surface area contributed by atoms with Crippen LogP contribution in [0.1, 0.15) is 25.3 Å². The van der Waals surface area contributed by atoms with E-state index in [2.05, 4.69) is 185 Å². The molecule has 0 aliphatic carbocycles. The van der Waals surface area contributed by atoms with Crippen LogP contribution in [0.5, 0.6) is 0 Å². The molecule has 9 rings (SSSR count). The van der Waals surface area contributed by atoms with E-state index >= 15 is 0 Å². The third kappa shape index (κ3) is 6.57. The molecule has 3 aromatic heterocycles. The van der Waals surface area contributed by atoms with E-state index in [1.54, 1.807) is 0 Å². The Hall–Kier alpha value is -7.11. The van der Waals surface area contributed by atoms with Crippen molar-refractivity contribution in [1.29, 1.82) is 0 Å². The number of nitrogens with zero attached hydrogens (tertiary/aromatic N) is 5. The van der Waals surface area contributed by atoms with Crippen LogP contribution < -0.4 is 9.80 Å². The molecule has 6 aromatic carbocycles. The van der Waals surface area contributed by atoms with Gasteiger partial charge in [0.1, 0.15) is 0 Å². The zero-order chi connectivity index (χ0) is 37.1. The summed E-state index contributed by atoms with van der Waals surface area (Å²) in [6.07, 6.45) is 11.5. The smallest absolute Gasteiger partial charge is 0.0523 e. The molecule has 0 N–H and O–H groups in total. The zero-order valence-electron chi connectivity index (χ0n) is 30.8. The molecule has 0 saturated heterocycles. The highest BCUT2D eigenvalue weighted by molar-refractivity contribution is 6.00. The lowest BCUT2D eigenvalue weighted by Gasteiger charge is -2.35. The maximum Gasteiger partial charge on any atom is 0.0523 e. The van der Waals surface area contributed by atoms with Crippen molar-refractivity contribution in [3.05, 3.63) is 200 Å². The molecule has 0 aliphatic rings. The van der Waals surface area contributed by atoms with Gasteiger partial charge in [0.05, 0.1) is 11.4 Å². The molecule has 0 aliphatic heterocycles. The highest BCUT2D eigenvalue weighted by atomic mass is 15.2. The van der Waals surface area contributed by atoms with Crippen LogP contribution in [-0.4, -0.2) is 15.0 Å². The minimum atomic E-state index is 0.133. The average Bonchev–Trinajstić information content (AvgIpc) is 3.24. The standard InChI is InChI=1S/C50H39N5/c1-35(2)50-48(54(42-16-5-3-6-17-42)44-20-11-14-36(27-44)38-15-12-25-51-31-38)29-41(47-34-53-33-40-13-9-10-21-46(40)47)30-49(50)55(43-18-7-4-8-19-43)45-23-22-39-32-52-26-24-37(39)28-45/h3-35H,1-2H3. The summed E-state index contributed by atoms with van der Waals surface area (Å²) in [5.41, 5.74) is 12.0. The Kier molecular flexibility index (Phi) is 9.02. The van der Waals surface area contributed by atoms with Gasteiger partial charge in [-0.1, -0.05) is 98.8 Å². The van der Waals surface area contributed by atoms with E-state index < -0.39 is 0 Å². The molecular formula is C50H39N5. The van der Waals surface area contributed by atoms with Crippen molar-refractivity contribution in [1.82, 2.24) is 15.0 Å². The highest BCUT2D eigenvalue weighted by Crippen LogP contribution is 2.50. The topological polar surface area (TPSA) is 45.2 Å². The number of pyridine rings is 3. The molecule has 264 valence electrons. The van der Waals surface area contributed by atoms with Crippen LogP contribution in [0, 0.1) is 0 Å². The fourth-order valence-corrected chi connectivity index (χ4v) is 7.66. The second kappa shape index (κ2) is 14.7. The molecule has 0 bridgehead atoms. The minimum absolute atomic E-state index is 0.133. The van der Waals surface area contributed by atoms with Crippen molar-refractivity contribution >= 4 is 55.7 Å². The fourth-order valence-electron chi connectivity index (χ4n) is 7.66. The van der Waals surface area contributed by atoms with Crippen molar-refractivity contribution < 1.29 is 0 Å². The maximum absolute atomic E-state index is 4.77. The van der Waals surface area contributed by atoms with Gasteiger partial charge in [-0.2, -0.15) is 0 Å². The molecule has 5 heteroatoms. The van der Waals surface area contributed by atoms with Crippen molar-refractivity contribution in [2.45, 2.75) is 19.8 Å². The molecule has 0 saturated carbocycles. The van der Waals surface area contributed by atoms with Gasteiger partial charge >= 0.3 is 0 Å². The highest BCUT2D eigenvalue weighted by Gasteiger charge is 2.27. The van der Waals surface area contributed by atoms with Gasteiger partial charge < -0.3 is 9.80 Å². The van der Waals surface area contributed by atoms with Gasteiger partial charge in [0, 0.05) is 87.4 Å². The first-order chi connectivity index (χ1) is 27.1. The van der Waals surface area contributed by atoms with Gasteiger partial charge in [-0.05, 0) is 101 Å². The molecule has 0 atom stereocenters. The first-order valence-electron chi connectivity index (χ1n) is 18.7. The molecule has 0 fully saturated rings. The average molecular weight is 710 g/mol. The third-order valence-corrected chi connectivity index (χ3v) is 10.2. The van der Waals surface area contributed by atoms with E-state index in [0.717, 1.165) is 77.9 Å². The number of aromatic nitrogens is 3. The SMILES string of the molecule is CC(C)c1c(N(c2ccccc2)c2cccc(-c3cccnc3)c2)cc(-c2cncc3ccccc23)cc1N(c1ccccc1)c1ccc2cnccc2c1. The lowest BCUT2D eigenvalue weighted by Crippen LogP contribution is -2.18. The largest absolute Gasteiger partial charge is 0.310 e. The normalized spacial score (nSPS) is 11.3. The van der Waals surface area contributed by atoms with Gasteiger partial charge in [-0.15, -0.1) is 0 Å². The van der Waals surface area contributed by atoms with Gasteiger partial charge in [-0.25, -0.2) is 0 Å². The van der Waals surface area contributed by atoms with Gasteiger partial charge in [0.2, 0.25) is 0 Å². The summed E-state index contributed by atoms with van der Waals surface area (Å²) >= 11 is 0. The predicted molar refractivity (Wildman–Crippen MR) is 229 cm³/mol. The van der Waals surface area contributed by atoms with Gasteiger partial charge in [0.25, 0.3) is 0 Å². The third-order valence-electron chi connectivity index (χ3n) is 10.2. The van der Waals surface area contributed by atoms with Gasteiger partial charge in [-0.3, -0.25) is 15.0 Å². The van der Waals surface area contributed by atoms with E-state index in [0.29, 0.717) is 0 Å². The molecule has 0 unspecified atom stereocenters. The number of anilines is 6. The van der Waals surface area contributed by atoms with E-state index in [9.17, 15) is 0 Å². The number of hydrogen-bond donors (Lipinski definition) is 0. The minimum Gasteiger partial charge on any atom is -0.310 e. The summed E-state index contributed by atoms with van der Waals surface area (Å²) in [7, 11) is 0. The molecule has 0 spiro atoms. The van der Waals surface area contributed by atoms with Crippen LogP contribution in [0.25, 0.3) is 43.8 Å². The Morgan fingerprint density at radius 1 is 0.400 bits per heavy atom. The monoisotopic (exact) mass is 709 g/mol. The fraction of sp³-hybridized carbons (Fsp3) is 0.0600. The maximum atomic E-state index is 4.77. The van der Waals surface area contributed by atoms with Crippen LogP contribution in [0.2, 0.25) is 0 Å². The summed E-state index contributed by atoms with van der Waals surface area (Å²) in [4.78, 5) is 18.4. The lowest BCUT2D eigenvalue weighted by atomic mass is 9.91. The summed E-state index contributed by atoms with van der Waals surface area (Å²) in [5.74, 6) is 0.133. The summed E-state index contributed by atoms with van der Waals surface area (Å²) in [6, 6.07) is 56.2. The number of rotatable bonds is 9. The lowest BCUT2D eigenvalue weighted by molar-refractivity contribution is 0.862. The summed E-state index contributed by atoms with van der Waals surface area (Å²) in [5, 5.41) is 4.49. The Labute approximate surface area is 321 Å². The molecule has 55 heavy (non-hydrogen) atoms.